The maximum atomic E-state index is 12.9. The SMILES string of the molecule is COCCOc1ccc(NC(=O)Nc2ccccc2C(F)(F)F)cc1. The number of carbonyl (C=O) groups is 1. The summed E-state index contributed by atoms with van der Waals surface area (Å²) in [6.07, 6.45) is -4.55. The van der Waals surface area contributed by atoms with Crippen LogP contribution in [0.2, 0.25) is 0 Å². The summed E-state index contributed by atoms with van der Waals surface area (Å²) >= 11 is 0. The molecule has 25 heavy (non-hydrogen) atoms. The van der Waals surface area contributed by atoms with Gasteiger partial charge in [-0.05, 0) is 36.4 Å². The summed E-state index contributed by atoms with van der Waals surface area (Å²) in [5.41, 5.74) is -0.805. The summed E-state index contributed by atoms with van der Waals surface area (Å²) in [5.74, 6) is 0.588. The quantitative estimate of drug-likeness (QED) is 0.757. The number of nitrogens with one attached hydrogen (secondary N) is 2. The Morgan fingerprint density at radius 3 is 2.32 bits per heavy atom. The predicted molar refractivity (Wildman–Crippen MR) is 87.9 cm³/mol. The van der Waals surface area contributed by atoms with Crippen molar-refractivity contribution in [3.63, 3.8) is 0 Å². The number of carbonyl (C=O) groups excluding carboxylic acids is 1. The Balaban J connectivity index is 1.97. The van der Waals surface area contributed by atoms with Crippen LogP contribution in [0.15, 0.2) is 48.5 Å². The molecule has 134 valence electrons. The van der Waals surface area contributed by atoms with Crippen LogP contribution in [0, 0.1) is 0 Å². The number of rotatable bonds is 6. The highest BCUT2D eigenvalue weighted by atomic mass is 19.4. The van der Waals surface area contributed by atoms with E-state index in [4.69, 9.17) is 9.47 Å². The molecule has 2 aromatic carbocycles. The molecule has 2 N–H and O–H groups in total. The van der Waals surface area contributed by atoms with Gasteiger partial charge in [0.15, 0.2) is 0 Å². The van der Waals surface area contributed by atoms with Gasteiger partial charge >= 0.3 is 12.2 Å². The first-order valence-electron chi connectivity index (χ1n) is 7.36. The number of hydrogen-bond acceptors (Lipinski definition) is 3. The van der Waals surface area contributed by atoms with Gasteiger partial charge in [-0.2, -0.15) is 13.2 Å². The van der Waals surface area contributed by atoms with Gasteiger partial charge in [0, 0.05) is 12.8 Å². The molecule has 0 aliphatic rings. The van der Waals surface area contributed by atoms with E-state index in [0.717, 1.165) is 6.07 Å². The molecule has 0 aliphatic heterocycles. The molecule has 0 atom stereocenters. The number of amides is 2. The summed E-state index contributed by atoms with van der Waals surface area (Å²) in [4.78, 5) is 11.9. The van der Waals surface area contributed by atoms with Gasteiger partial charge < -0.3 is 20.1 Å². The second-order valence-corrected chi connectivity index (χ2v) is 4.99. The van der Waals surface area contributed by atoms with Crippen LogP contribution < -0.4 is 15.4 Å². The molecular formula is C17H17F3N2O3. The summed E-state index contributed by atoms with van der Waals surface area (Å²) in [7, 11) is 1.56. The normalized spacial score (nSPS) is 11.0. The Kier molecular flexibility index (Phi) is 6.24. The number of anilines is 2. The zero-order valence-corrected chi connectivity index (χ0v) is 13.4. The van der Waals surface area contributed by atoms with Crippen LogP contribution >= 0.6 is 0 Å². The summed E-state index contributed by atoms with van der Waals surface area (Å²) in [6, 6.07) is 10.4. The first kappa shape index (κ1) is 18.6. The van der Waals surface area contributed by atoms with E-state index in [1.807, 2.05) is 0 Å². The second kappa shape index (κ2) is 8.39. The number of benzene rings is 2. The summed E-state index contributed by atoms with van der Waals surface area (Å²) < 4.78 is 48.9. The molecule has 2 rings (SSSR count). The number of para-hydroxylation sites is 1. The molecule has 8 heteroatoms. The zero-order chi connectivity index (χ0) is 18.3. The van der Waals surface area contributed by atoms with Crippen molar-refractivity contribution in [2.75, 3.05) is 31.0 Å². The van der Waals surface area contributed by atoms with E-state index in [2.05, 4.69) is 10.6 Å². The number of hydrogen-bond donors (Lipinski definition) is 2. The molecule has 0 fully saturated rings. The molecule has 0 bridgehead atoms. The first-order valence-corrected chi connectivity index (χ1v) is 7.36. The van der Waals surface area contributed by atoms with Crippen molar-refractivity contribution in [1.82, 2.24) is 0 Å². The van der Waals surface area contributed by atoms with Gasteiger partial charge in [-0.25, -0.2) is 4.79 Å². The number of urea groups is 1. The smallest absolute Gasteiger partial charge is 0.418 e. The standard InChI is InChI=1S/C17H17F3N2O3/c1-24-10-11-25-13-8-6-12(7-9-13)21-16(23)22-15-5-3-2-4-14(15)17(18,19)20/h2-9H,10-11H2,1H3,(H2,21,22,23). The Bertz CT molecular complexity index is 703. The lowest BCUT2D eigenvalue weighted by Crippen LogP contribution is -2.21. The van der Waals surface area contributed by atoms with Crippen molar-refractivity contribution in [2.24, 2.45) is 0 Å². The van der Waals surface area contributed by atoms with Gasteiger partial charge in [0.1, 0.15) is 12.4 Å². The third-order valence-electron chi connectivity index (χ3n) is 3.15. The van der Waals surface area contributed by atoms with E-state index in [-0.39, 0.29) is 5.69 Å². The molecule has 2 aromatic rings. The van der Waals surface area contributed by atoms with Gasteiger partial charge in [0.25, 0.3) is 0 Å². The van der Waals surface area contributed by atoms with E-state index < -0.39 is 17.8 Å². The Labute approximate surface area is 142 Å². The molecule has 0 spiro atoms. The molecule has 2 amide bonds. The Hall–Kier alpha value is -2.74. The van der Waals surface area contributed by atoms with Gasteiger partial charge in [-0.15, -0.1) is 0 Å². The molecule has 5 nitrogen and oxygen atoms in total. The maximum Gasteiger partial charge on any atom is 0.418 e. The molecule has 0 radical (unpaired) electrons. The minimum atomic E-state index is -4.55. The molecule has 0 saturated heterocycles. The fraction of sp³-hybridized carbons (Fsp3) is 0.235. The van der Waals surface area contributed by atoms with Crippen molar-refractivity contribution in [3.05, 3.63) is 54.1 Å². The molecule has 0 aliphatic carbocycles. The Morgan fingerprint density at radius 2 is 1.68 bits per heavy atom. The van der Waals surface area contributed by atoms with Crippen molar-refractivity contribution >= 4 is 17.4 Å². The lowest BCUT2D eigenvalue weighted by atomic mass is 10.1. The van der Waals surface area contributed by atoms with E-state index in [1.165, 1.54) is 18.2 Å². The van der Waals surface area contributed by atoms with Gasteiger partial charge in [-0.1, -0.05) is 12.1 Å². The first-order chi connectivity index (χ1) is 11.9. The monoisotopic (exact) mass is 354 g/mol. The van der Waals surface area contributed by atoms with Crippen LogP contribution in [-0.2, 0) is 10.9 Å². The topological polar surface area (TPSA) is 59.6 Å². The third kappa shape index (κ3) is 5.68. The lowest BCUT2D eigenvalue weighted by molar-refractivity contribution is -0.136. The van der Waals surface area contributed by atoms with Crippen molar-refractivity contribution < 1.29 is 27.4 Å². The predicted octanol–water partition coefficient (Wildman–Crippen LogP) is 4.37. The largest absolute Gasteiger partial charge is 0.491 e. The van der Waals surface area contributed by atoms with Gasteiger partial charge in [0.2, 0.25) is 0 Å². The van der Waals surface area contributed by atoms with Gasteiger partial charge in [0.05, 0.1) is 17.9 Å². The van der Waals surface area contributed by atoms with Crippen molar-refractivity contribution in [2.45, 2.75) is 6.18 Å². The minimum absolute atomic E-state index is 0.313. The molecule has 0 aromatic heterocycles. The van der Waals surface area contributed by atoms with E-state index in [0.29, 0.717) is 24.7 Å². The van der Waals surface area contributed by atoms with Crippen LogP contribution in [0.25, 0.3) is 0 Å². The second-order valence-electron chi connectivity index (χ2n) is 4.99. The van der Waals surface area contributed by atoms with E-state index >= 15 is 0 Å². The molecule has 0 saturated carbocycles. The lowest BCUT2D eigenvalue weighted by Gasteiger charge is -2.14. The van der Waals surface area contributed by atoms with Gasteiger partial charge in [-0.3, -0.25) is 0 Å². The highest BCUT2D eigenvalue weighted by Gasteiger charge is 2.33. The number of methoxy groups -OCH3 is 1. The highest BCUT2D eigenvalue weighted by molar-refractivity contribution is 6.00. The fourth-order valence-corrected chi connectivity index (χ4v) is 2.00. The van der Waals surface area contributed by atoms with Crippen LogP contribution in [-0.4, -0.2) is 26.4 Å². The van der Waals surface area contributed by atoms with Crippen LogP contribution in [0.1, 0.15) is 5.56 Å². The molecule has 0 heterocycles. The van der Waals surface area contributed by atoms with Crippen molar-refractivity contribution in [1.29, 1.82) is 0 Å². The van der Waals surface area contributed by atoms with Crippen LogP contribution in [0.4, 0.5) is 29.3 Å². The average molecular weight is 354 g/mol. The average Bonchev–Trinajstić information content (AvgIpc) is 2.56. The van der Waals surface area contributed by atoms with Crippen LogP contribution in [0.3, 0.4) is 0 Å². The Morgan fingerprint density at radius 1 is 1.00 bits per heavy atom. The van der Waals surface area contributed by atoms with Crippen LogP contribution in [0.5, 0.6) is 5.75 Å². The highest BCUT2D eigenvalue weighted by Crippen LogP contribution is 2.34. The number of alkyl halides is 3. The zero-order valence-electron chi connectivity index (χ0n) is 13.4. The minimum Gasteiger partial charge on any atom is -0.491 e. The summed E-state index contributed by atoms with van der Waals surface area (Å²) in [5, 5.41) is 4.67. The maximum absolute atomic E-state index is 12.9. The molecular weight excluding hydrogens is 337 g/mol. The molecule has 0 unspecified atom stereocenters. The fourth-order valence-electron chi connectivity index (χ4n) is 2.00. The third-order valence-corrected chi connectivity index (χ3v) is 3.15. The number of ether oxygens (including phenoxy) is 2. The van der Waals surface area contributed by atoms with E-state index in [1.54, 1.807) is 31.4 Å². The van der Waals surface area contributed by atoms with E-state index in [9.17, 15) is 18.0 Å². The number of halogens is 3. The van der Waals surface area contributed by atoms with Crippen molar-refractivity contribution in [3.8, 4) is 5.75 Å². The summed E-state index contributed by atoms with van der Waals surface area (Å²) in [6.45, 7) is 0.832.